The van der Waals surface area contributed by atoms with Gasteiger partial charge in [-0.2, -0.15) is 0 Å². The van der Waals surface area contributed by atoms with E-state index < -0.39 is 6.09 Å². The molecule has 1 aliphatic rings. The van der Waals surface area contributed by atoms with Gasteiger partial charge in [0, 0.05) is 35.7 Å². The summed E-state index contributed by atoms with van der Waals surface area (Å²) in [6.45, 7) is 3.72. The Morgan fingerprint density at radius 3 is 1.88 bits per heavy atom. The van der Waals surface area contributed by atoms with Gasteiger partial charge in [-0.3, -0.25) is 4.90 Å². The van der Waals surface area contributed by atoms with Gasteiger partial charge in [-0.05, 0) is 42.3 Å². The zero-order chi connectivity index (χ0) is 18.0. The van der Waals surface area contributed by atoms with Crippen LogP contribution in [0.15, 0.2) is 48.5 Å². The largest absolute Gasteiger partial charge is 0.465 e. The smallest absolute Gasteiger partial charge is 0.407 e. The van der Waals surface area contributed by atoms with E-state index >= 15 is 0 Å². The molecule has 0 spiro atoms. The highest BCUT2D eigenvalue weighted by atomic mass is 35.5. The minimum atomic E-state index is -0.860. The number of rotatable bonds is 3. The molecule has 1 atom stereocenters. The molecule has 6 heteroatoms. The van der Waals surface area contributed by atoms with E-state index in [-0.39, 0.29) is 12.1 Å². The highest BCUT2D eigenvalue weighted by Crippen LogP contribution is 2.33. The van der Waals surface area contributed by atoms with Crippen LogP contribution in [0, 0.1) is 0 Å². The highest BCUT2D eigenvalue weighted by molar-refractivity contribution is 6.30. The van der Waals surface area contributed by atoms with Gasteiger partial charge in [-0.1, -0.05) is 47.5 Å². The average molecular weight is 379 g/mol. The molecular formula is C19H20Cl2N2O2. The van der Waals surface area contributed by atoms with E-state index in [2.05, 4.69) is 11.8 Å². The molecular weight excluding hydrogens is 359 g/mol. The third-order valence-corrected chi connectivity index (χ3v) is 5.16. The molecule has 1 saturated heterocycles. The molecule has 3 rings (SSSR count). The number of hydrogen-bond donors (Lipinski definition) is 1. The summed E-state index contributed by atoms with van der Waals surface area (Å²) in [6, 6.07) is 15.8. The van der Waals surface area contributed by atoms with Crippen molar-refractivity contribution in [2.45, 2.75) is 19.0 Å². The van der Waals surface area contributed by atoms with Crippen LogP contribution in [0.4, 0.5) is 4.79 Å². The Balaban J connectivity index is 1.95. The van der Waals surface area contributed by atoms with Crippen LogP contribution >= 0.6 is 23.2 Å². The SMILES string of the molecule is C[C@@H]1CN(C(=O)O)CCN1C(c1ccc(Cl)cc1)c1ccc(Cl)cc1. The fourth-order valence-corrected chi connectivity index (χ4v) is 3.65. The van der Waals surface area contributed by atoms with Crippen molar-refractivity contribution in [2.24, 2.45) is 0 Å². The Kier molecular flexibility index (Phi) is 5.52. The molecule has 1 amide bonds. The quantitative estimate of drug-likeness (QED) is 0.836. The van der Waals surface area contributed by atoms with Crippen molar-refractivity contribution >= 4 is 29.3 Å². The summed E-state index contributed by atoms with van der Waals surface area (Å²) < 4.78 is 0. The summed E-state index contributed by atoms with van der Waals surface area (Å²) in [5.41, 5.74) is 2.25. The lowest BCUT2D eigenvalue weighted by atomic mass is 9.95. The molecule has 0 radical (unpaired) electrons. The summed E-state index contributed by atoms with van der Waals surface area (Å²) in [4.78, 5) is 15.1. The number of halogens is 2. The van der Waals surface area contributed by atoms with Crippen LogP contribution in [0.2, 0.25) is 10.0 Å². The van der Waals surface area contributed by atoms with Crippen LogP contribution in [-0.4, -0.2) is 46.7 Å². The number of nitrogens with zero attached hydrogens (tertiary/aromatic N) is 2. The van der Waals surface area contributed by atoms with E-state index in [0.717, 1.165) is 11.1 Å². The molecule has 0 unspecified atom stereocenters. The molecule has 1 fully saturated rings. The molecule has 0 bridgehead atoms. The topological polar surface area (TPSA) is 43.8 Å². The Labute approximate surface area is 157 Å². The molecule has 1 N–H and O–H groups in total. The predicted octanol–water partition coefficient (Wildman–Crippen LogP) is 4.77. The molecule has 25 heavy (non-hydrogen) atoms. The lowest BCUT2D eigenvalue weighted by Crippen LogP contribution is -2.54. The zero-order valence-electron chi connectivity index (χ0n) is 13.9. The van der Waals surface area contributed by atoms with Crippen molar-refractivity contribution in [1.29, 1.82) is 0 Å². The second-order valence-corrected chi connectivity index (χ2v) is 7.19. The minimum Gasteiger partial charge on any atom is -0.465 e. The van der Waals surface area contributed by atoms with Crippen molar-refractivity contribution in [1.82, 2.24) is 9.80 Å². The standard InChI is InChI=1S/C19H20Cl2N2O2/c1-13-12-22(19(24)25)10-11-23(13)18(14-2-6-16(20)7-3-14)15-4-8-17(21)9-5-15/h2-9,13,18H,10-12H2,1H3,(H,24,25)/t13-/m1/s1. The second-order valence-electron chi connectivity index (χ2n) is 6.32. The lowest BCUT2D eigenvalue weighted by Gasteiger charge is -2.43. The third-order valence-electron chi connectivity index (χ3n) is 4.65. The molecule has 1 heterocycles. The summed E-state index contributed by atoms with van der Waals surface area (Å²) in [5.74, 6) is 0. The highest BCUT2D eigenvalue weighted by Gasteiger charge is 2.32. The van der Waals surface area contributed by atoms with E-state index in [4.69, 9.17) is 23.2 Å². The molecule has 0 aromatic heterocycles. The van der Waals surface area contributed by atoms with Gasteiger partial charge in [0.25, 0.3) is 0 Å². The molecule has 2 aromatic carbocycles. The second kappa shape index (κ2) is 7.65. The first-order chi connectivity index (χ1) is 12.0. The fraction of sp³-hybridized carbons (Fsp3) is 0.316. The summed E-state index contributed by atoms with van der Waals surface area (Å²) in [6.07, 6.45) is -0.860. The first-order valence-electron chi connectivity index (χ1n) is 8.20. The predicted molar refractivity (Wildman–Crippen MR) is 101 cm³/mol. The van der Waals surface area contributed by atoms with Gasteiger partial charge in [0.05, 0.1) is 6.04 Å². The van der Waals surface area contributed by atoms with Crippen molar-refractivity contribution in [3.8, 4) is 0 Å². The number of benzene rings is 2. The van der Waals surface area contributed by atoms with E-state index in [1.807, 2.05) is 48.5 Å². The fourth-order valence-electron chi connectivity index (χ4n) is 3.39. The van der Waals surface area contributed by atoms with E-state index in [9.17, 15) is 9.90 Å². The van der Waals surface area contributed by atoms with Gasteiger partial charge in [0.2, 0.25) is 0 Å². The normalized spacial score (nSPS) is 18.6. The zero-order valence-corrected chi connectivity index (χ0v) is 15.4. The summed E-state index contributed by atoms with van der Waals surface area (Å²) in [7, 11) is 0. The van der Waals surface area contributed by atoms with Gasteiger partial charge in [0.1, 0.15) is 0 Å². The number of piperazine rings is 1. The number of amides is 1. The van der Waals surface area contributed by atoms with E-state index in [1.165, 1.54) is 4.90 Å². The van der Waals surface area contributed by atoms with Crippen LogP contribution in [0.5, 0.6) is 0 Å². The van der Waals surface area contributed by atoms with Gasteiger partial charge in [-0.25, -0.2) is 4.79 Å². The van der Waals surface area contributed by atoms with Crippen LogP contribution in [-0.2, 0) is 0 Å². The van der Waals surface area contributed by atoms with Crippen molar-refractivity contribution in [2.75, 3.05) is 19.6 Å². The maximum absolute atomic E-state index is 11.3. The third kappa shape index (κ3) is 4.09. The Hall–Kier alpha value is -1.75. The number of carbonyl (C=O) groups is 1. The first-order valence-corrected chi connectivity index (χ1v) is 8.96. The lowest BCUT2D eigenvalue weighted by molar-refractivity contribution is 0.0584. The van der Waals surface area contributed by atoms with E-state index in [1.54, 1.807) is 0 Å². The van der Waals surface area contributed by atoms with Crippen LogP contribution < -0.4 is 0 Å². The monoisotopic (exact) mass is 378 g/mol. The number of hydrogen-bond acceptors (Lipinski definition) is 2. The Morgan fingerprint density at radius 2 is 1.48 bits per heavy atom. The van der Waals surface area contributed by atoms with Gasteiger partial charge < -0.3 is 10.0 Å². The molecule has 0 aliphatic carbocycles. The molecule has 0 saturated carbocycles. The molecule has 2 aromatic rings. The summed E-state index contributed by atoms with van der Waals surface area (Å²) >= 11 is 12.1. The number of carboxylic acid groups (broad SMARTS) is 1. The van der Waals surface area contributed by atoms with Gasteiger partial charge in [0.15, 0.2) is 0 Å². The van der Waals surface area contributed by atoms with Gasteiger partial charge in [-0.15, -0.1) is 0 Å². The Morgan fingerprint density at radius 1 is 1.00 bits per heavy atom. The van der Waals surface area contributed by atoms with Crippen molar-refractivity contribution in [3.05, 3.63) is 69.7 Å². The van der Waals surface area contributed by atoms with Gasteiger partial charge >= 0.3 is 6.09 Å². The molecule has 1 aliphatic heterocycles. The maximum atomic E-state index is 11.3. The van der Waals surface area contributed by atoms with Crippen molar-refractivity contribution < 1.29 is 9.90 Å². The summed E-state index contributed by atoms with van der Waals surface area (Å²) in [5, 5.41) is 10.6. The minimum absolute atomic E-state index is 0.0282. The van der Waals surface area contributed by atoms with E-state index in [0.29, 0.717) is 29.7 Å². The average Bonchev–Trinajstić information content (AvgIpc) is 2.59. The molecule has 132 valence electrons. The van der Waals surface area contributed by atoms with Crippen LogP contribution in [0.1, 0.15) is 24.1 Å². The van der Waals surface area contributed by atoms with Crippen LogP contribution in [0.3, 0.4) is 0 Å². The maximum Gasteiger partial charge on any atom is 0.407 e. The Bertz CT molecular complexity index is 689. The molecule has 4 nitrogen and oxygen atoms in total. The first kappa shape index (κ1) is 18.1. The van der Waals surface area contributed by atoms with Crippen LogP contribution in [0.25, 0.3) is 0 Å². The van der Waals surface area contributed by atoms with Crippen molar-refractivity contribution in [3.63, 3.8) is 0 Å².